The fourth-order valence-electron chi connectivity index (χ4n) is 1.21. The minimum absolute atomic E-state index is 0.0635. The van der Waals surface area contributed by atoms with Crippen molar-refractivity contribution in [2.75, 3.05) is 25.1 Å². The average molecular weight is 204 g/mol. The molecule has 0 radical (unpaired) electrons. The van der Waals surface area contributed by atoms with Crippen molar-refractivity contribution in [1.82, 2.24) is 10.2 Å². The molecule has 5 heteroatoms. The molecule has 0 aromatic carbocycles. The van der Waals surface area contributed by atoms with Gasteiger partial charge in [-0.25, -0.2) is 4.79 Å². The summed E-state index contributed by atoms with van der Waals surface area (Å²) in [6, 6.07) is 0.0498. The molecule has 0 saturated carbocycles. The third-order valence-electron chi connectivity index (χ3n) is 2.23. The number of amides is 2. The third-order valence-corrected chi connectivity index (χ3v) is 3.69. The van der Waals surface area contributed by atoms with Gasteiger partial charge in [0.2, 0.25) is 0 Å². The van der Waals surface area contributed by atoms with Crippen LogP contribution < -0.4 is 5.32 Å². The van der Waals surface area contributed by atoms with Crippen molar-refractivity contribution >= 4 is 16.8 Å². The topological polar surface area (TPSA) is 49.4 Å². The van der Waals surface area contributed by atoms with Crippen LogP contribution in [0.15, 0.2) is 0 Å². The van der Waals surface area contributed by atoms with Gasteiger partial charge in [-0.15, -0.1) is 0 Å². The lowest BCUT2D eigenvalue weighted by molar-refractivity contribution is 0.208. The number of nitrogens with one attached hydrogen (secondary N) is 1. The highest BCUT2D eigenvalue weighted by Gasteiger charge is 2.23. The van der Waals surface area contributed by atoms with Gasteiger partial charge in [0.1, 0.15) is 0 Å². The fourth-order valence-corrected chi connectivity index (χ4v) is 2.62. The highest BCUT2D eigenvalue weighted by molar-refractivity contribution is 7.85. The Bertz CT molecular complexity index is 220. The average Bonchev–Trinajstić information content (AvgIpc) is 2.49. The Morgan fingerprint density at radius 2 is 2.38 bits per heavy atom. The molecule has 1 N–H and O–H groups in total. The van der Waals surface area contributed by atoms with Crippen LogP contribution in [0.2, 0.25) is 0 Å². The van der Waals surface area contributed by atoms with Gasteiger partial charge < -0.3 is 10.2 Å². The van der Waals surface area contributed by atoms with E-state index in [1.165, 1.54) is 0 Å². The summed E-state index contributed by atoms with van der Waals surface area (Å²) < 4.78 is 11.0. The van der Waals surface area contributed by atoms with Gasteiger partial charge in [0.25, 0.3) is 0 Å². The maximum Gasteiger partial charge on any atom is 0.317 e. The van der Waals surface area contributed by atoms with E-state index in [-0.39, 0.29) is 12.1 Å². The largest absolute Gasteiger partial charge is 0.334 e. The first-order valence-corrected chi connectivity index (χ1v) is 5.99. The number of rotatable bonds is 2. The lowest BCUT2D eigenvalue weighted by Crippen LogP contribution is -2.43. The van der Waals surface area contributed by atoms with Gasteiger partial charge >= 0.3 is 6.03 Å². The quantitative estimate of drug-likeness (QED) is 0.697. The van der Waals surface area contributed by atoms with Crippen molar-refractivity contribution < 1.29 is 9.00 Å². The third kappa shape index (κ3) is 2.99. The minimum Gasteiger partial charge on any atom is -0.334 e. The molecule has 1 saturated heterocycles. The molecule has 2 amide bonds. The molecule has 1 heterocycles. The normalized spacial score (nSPS) is 27.2. The zero-order chi connectivity index (χ0) is 9.84. The first kappa shape index (κ1) is 10.5. The number of nitrogens with zero attached hydrogens (tertiary/aromatic N) is 1. The van der Waals surface area contributed by atoms with Crippen LogP contribution in [0.4, 0.5) is 4.79 Å². The second-order valence-corrected chi connectivity index (χ2v) is 4.88. The van der Waals surface area contributed by atoms with Gasteiger partial charge in [0, 0.05) is 41.9 Å². The van der Waals surface area contributed by atoms with Crippen LogP contribution in [0.3, 0.4) is 0 Å². The summed E-state index contributed by atoms with van der Waals surface area (Å²) in [6.45, 7) is 2.62. The lowest BCUT2D eigenvalue weighted by Gasteiger charge is -2.18. The Labute approximate surface area is 81.1 Å². The van der Waals surface area contributed by atoms with Crippen molar-refractivity contribution in [2.45, 2.75) is 19.4 Å². The monoisotopic (exact) mass is 204 g/mol. The molecule has 13 heavy (non-hydrogen) atoms. The number of hydrogen-bond donors (Lipinski definition) is 1. The van der Waals surface area contributed by atoms with Crippen molar-refractivity contribution in [1.29, 1.82) is 0 Å². The summed E-state index contributed by atoms with van der Waals surface area (Å²) in [4.78, 5) is 13.0. The van der Waals surface area contributed by atoms with Crippen LogP contribution in [0.25, 0.3) is 0 Å². The molecule has 1 rings (SSSR count). The van der Waals surface area contributed by atoms with Gasteiger partial charge in [-0.3, -0.25) is 4.21 Å². The van der Waals surface area contributed by atoms with Gasteiger partial charge in [-0.2, -0.15) is 0 Å². The van der Waals surface area contributed by atoms with Crippen LogP contribution >= 0.6 is 0 Å². The predicted octanol–water partition coefficient (Wildman–Crippen LogP) is 0.169. The molecule has 0 spiro atoms. The summed E-state index contributed by atoms with van der Waals surface area (Å²) in [5.41, 5.74) is 0. The molecular weight excluding hydrogens is 188 g/mol. The summed E-state index contributed by atoms with van der Waals surface area (Å²) in [6.07, 6.45) is 0.843. The molecule has 0 bridgehead atoms. The standard InChI is InChI=1S/C8H16N2O2S/c1-3-10(2)8(11)9-7-4-5-13(12)6-7/h7H,3-6H2,1-2H3,(H,9,11). The van der Waals surface area contributed by atoms with Crippen LogP contribution in [-0.4, -0.2) is 46.3 Å². The first-order chi connectivity index (χ1) is 6.13. The molecule has 0 aromatic rings. The summed E-state index contributed by atoms with van der Waals surface area (Å²) in [7, 11) is 1.03. The molecule has 2 unspecified atom stereocenters. The molecule has 1 aliphatic heterocycles. The van der Waals surface area contributed by atoms with E-state index in [1.807, 2.05) is 6.92 Å². The number of hydrogen-bond acceptors (Lipinski definition) is 2. The molecule has 0 aromatic heterocycles. The Hall–Kier alpha value is -0.580. The number of urea groups is 1. The maximum atomic E-state index is 11.4. The molecule has 2 atom stereocenters. The van der Waals surface area contributed by atoms with Crippen LogP contribution in [-0.2, 0) is 10.8 Å². The lowest BCUT2D eigenvalue weighted by atomic mass is 10.3. The zero-order valence-electron chi connectivity index (χ0n) is 8.08. The predicted molar refractivity (Wildman–Crippen MR) is 53.1 cm³/mol. The van der Waals surface area contributed by atoms with Gasteiger partial charge in [0.15, 0.2) is 0 Å². The van der Waals surface area contributed by atoms with Crippen molar-refractivity contribution in [2.24, 2.45) is 0 Å². The second-order valence-electron chi connectivity index (χ2n) is 3.26. The summed E-state index contributed by atoms with van der Waals surface area (Å²) in [5.74, 6) is 1.34. The molecule has 1 fully saturated rings. The molecular formula is C8H16N2O2S. The van der Waals surface area contributed by atoms with Gasteiger partial charge in [-0.1, -0.05) is 0 Å². The first-order valence-electron chi connectivity index (χ1n) is 4.50. The number of carbonyl (C=O) groups excluding carboxylic acids is 1. The Morgan fingerprint density at radius 3 is 2.85 bits per heavy atom. The minimum atomic E-state index is -0.718. The van der Waals surface area contributed by atoms with E-state index < -0.39 is 10.8 Å². The van der Waals surface area contributed by atoms with E-state index in [0.717, 1.165) is 12.2 Å². The maximum absolute atomic E-state index is 11.4. The second kappa shape index (κ2) is 4.60. The highest BCUT2D eigenvalue weighted by atomic mass is 32.2. The van der Waals surface area contributed by atoms with Crippen molar-refractivity contribution in [3.8, 4) is 0 Å². The SMILES string of the molecule is CCN(C)C(=O)NC1CCS(=O)C1. The summed E-state index contributed by atoms with van der Waals surface area (Å²) >= 11 is 0. The Balaban J connectivity index is 2.32. The van der Waals surface area contributed by atoms with E-state index in [1.54, 1.807) is 11.9 Å². The van der Waals surface area contributed by atoms with Crippen molar-refractivity contribution in [3.05, 3.63) is 0 Å². The molecule has 1 aliphatic rings. The van der Waals surface area contributed by atoms with Gasteiger partial charge in [0.05, 0.1) is 0 Å². The van der Waals surface area contributed by atoms with Crippen LogP contribution in [0.1, 0.15) is 13.3 Å². The van der Waals surface area contributed by atoms with E-state index in [2.05, 4.69) is 5.32 Å². The van der Waals surface area contributed by atoms with E-state index in [4.69, 9.17) is 0 Å². The Morgan fingerprint density at radius 1 is 1.69 bits per heavy atom. The molecule has 4 nitrogen and oxygen atoms in total. The molecule has 0 aliphatic carbocycles. The molecule has 76 valence electrons. The van der Waals surface area contributed by atoms with Gasteiger partial charge in [-0.05, 0) is 13.3 Å². The fraction of sp³-hybridized carbons (Fsp3) is 0.875. The van der Waals surface area contributed by atoms with Crippen LogP contribution in [0, 0.1) is 0 Å². The highest BCUT2D eigenvalue weighted by Crippen LogP contribution is 2.07. The Kier molecular flexibility index (Phi) is 3.71. The van der Waals surface area contributed by atoms with Crippen LogP contribution in [0.5, 0.6) is 0 Å². The smallest absolute Gasteiger partial charge is 0.317 e. The number of carbonyl (C=O) groups is 1. The van der Waals surface area contributed by atoms with Crippen molar-refractivity contribution in [3.63, 3.8) is 0 Å². The summed E-state index contributed by atoms with van der Waals surface area (Å²) in [5, 5.41) is 2.85. The van der Waals surface area contributed by atoms with E-state index >= 15 is 0 Å². The zero-order valence-corrected chi connectivity index (χ0v) is 8.89. The van der Waals surface area contributed by atoms with E-state index in [0.29, 0.717) is 12.3 Å². The van der Waals surface area contributed by atoms with E-state index in [9.17, 15) is 9.00 Å².